The van der Waals surface area contributed by atoms with E-state index in [9.17, 15) is 41.4 Å². The van der Waals surface area contributed by atoms with Gasteiger partial charge in [-0.25, -0.2) is 17.2 Å². The molecule has 1 fully saturated rings. The molecule has 4 aromatic rings. The molecule has 1 saturated heterocycles. The number of aromatic nitrogens is 1. The topological polar surface area (TPSA) is 129 Å². The second-order valence-corrected chi connectivity index (χ2v) is 12.2. The number of hydrogen-bond acceptors (Lipinski definition) is 7. The van der Waals surface area contributed by atoms with Crippen molar-refractivity contribution in [2.45, 2.75) is 17.6 Å². The van der Waals surface area contributed by atoms with E-state index in [0.717, 1.165) is 16.1 Å². The number of Topliss-reactive ketones (excluding diaryl/α,β-unsaturated/α-hetero) is 1. The van der Waals surface area contributed by atoms with E-state index in [-0.39, 0.29) is 52.9 Å². The summed E-state index contributed by atoms with van der Waals surface area (Å²) in [6.07, 6.45) is -2.98. The Morgan fingerprint density at radius 2 is 1.66 bits per heavy atom. The summed E-state index contributed by atoms with van der Waals surface area (Å²) in [5.74, 6) is -0.544. The number of phenols is 1. The Hall–Kier alpha value is -4.82. The van der Waals surface area contributed by atoms with Gasteiger partial charge in [0.2, 0.25) is 5.78 Å². The first-order valence-corrected chi connectivity index (χ1v) is 14.8. The maximum absolute atomic E-state index is 13.5. The van der Waals surface area contributed by atoms with E-state index in [1.165, 1.54) is 35.4 Å². The Balaban J connectivity index is 1.33. The zero-order valence-corrected chi connectivity index (χ0v) is 23.6. The number of amides is 1. The lowest BCUT2D eigenvalue weighted by Crippen LogP contribution is -2.47. The molecular formula is C30H24F3N3O7S. The zero-order chi connectivity index (χ0) is 31.4. The van der Waals surface area contributed by atoms with Gasteiger partial charge in [0.05, 0.1) is 27.1 Å². The number of carboxylic acid groups (broad SMARTS) is 1. The third-order valence-corrected chi connectivity index (χ3v) is 9.36. The van der Waals surface area contributed by atoms with E-state index in [2.05, 4.69) is 0 Å². The molecule has 10 nitrogen and oxygen atoms in total. The van der Waals surface area contributed by atoms with Crippen LogP contribution in [0.2, 0.25) is 0 Å². The molecule has 6 rings (SSSR count). The molecule has 228 valence electrons. The van der Waals surface area contributed by atoms with E-state index < -0.39 is 33.6 Å². The molecule has 0 radical (unpaired) electrons. The summed E-state index contributed by atoms with van der Waals surface area (Å²) in [6.45, 7) is 1.61. The smallest absolute Gasteiger partial charge is 0.416 e. The molecule has 2 aliphatic heterocycles. The molecule has 0 saturated carbocycles. The van der Waals surface area contributed by atoms with Crippen molar-refractivity contribution < 1.29 is 46.1 Å². The molecule has 2 aliphatic rings. The Labute approximate surface area is 248 Å². The average Bonchev–Trinajstić information content (AvgIpc) is 3.52. The zero-order valence-electron chi connectivity index (χ0n) is 22.8. The first kappa shape index (κ1) is 29.3. The molecule has 0 aliphatic carbocycles. The van der Waals surface area contributed by atoms with Crippen molar-refractivity contribution in [3.63, 3.8) is 0 Å². The second-order valence-electron chi connectivity index (χ2n) is 10.4. The average molecular weight is 628 g/mol. The number of carbonyl (C=O) groups is 2. The Morgan fingerprint density at radius 1 is 0.977 bits per heavy atom. The van der Waals surface area contributed by atoms with E-state index in [1.54, 1.807) is 18.2 Å². The number of ether oxygens (including phenoxy) is 1. The fourth-order valence-corrected chi connectivity index (χ4v) is 6.71. The fraction of sp³-hybridized carbons (Fsp3) is 0.200. The first-order valence-electron chi connectivity index (χ1n) is 13.4. The summed E-state index contributed by atoms with van der Waals surface area (Å²) in [6, 6.07) is 12.4. The maximum Gasteiger partial charge on any atom is 0.416 e. The summed E-state index contributed by atoms with van der Waals surface area (Å²) < 4.78 is 73.1. The molecule has 0 bridgehead atoms. The lowest BCUT2D eigenvalue weighted by Gasteiger charge is -2.33. The molecule has 0 atom stereocenters. The largest absolute Gasteiger partial charge is 0.507 e. The van der Waals surface area contributed by atoms with E-state index in [1.807, 2.05) is 4.90 Å². The van der Waals surface area contributed by atoms with Gasteiger partial charge >= 0.3 is 12.3 Å². The van der Waals surface area contributed by atoms with Crippen molar-refractivity contribution in [3.8, 4) is 11.5 Å². The molecule has 3 aromatic carbocycles. The van der Waals surface area contributed by atoms with Gasteiger partial charge in [-0.3, -0.25) is 9.69 Å². The highest BCUT2D eigenvalue weighted by Crippen LogP contribution is 2.41. The summed E-state index contributed by atoms with van der Waals surface area (Å²) in [4.78, 5) is 27.5. The van der Waals surface area contributed by atoms with E-state index >= 15 is 0 Å². The predicted molar refractivity (Wildman–Crippen MR) is 152 cm³/mol. The van der Waals surface area contributed by atoms with Crippen LogP contribution in [0.25, 0.3) is 17.0 Å². The number of allylic oxidation sites excluding steroid dienone is 1. The molecule has 14 heteroatoms. The minimum Gasteiger partial charge on any atom is -0.507 e. The molecule has 0 spiro atoms. The molecule has 3 heterocycles. The number of carbonyl (C=O) groups excluding carboxylic acids is 1. The minimum atomic E-state index is -4.63. The number of piperazine rings is 1. The van der Waals surface area contributed by atoms with Crippen molar-refractivity contribution in [3.05, 3.63) is 94.9 Å². The minimum absolute atomic E-state index is 0.0994. The molecular weight excluding hydrogens is 603 g/mol. The van der Waals surface area contributed by atoms with Gasteiger partial charge in [-0.1, -0.05) is 18.2 Å². The molecule has 44 heavy (non-hydrogen) atoms. The summed E-state index contributed by atoms with van der Waals surface area (Å²) in [5, 5.41) is 20.3. The first-order chi connectivity index (χ1) is 20.8. The van der Waals surface area contributed by atoms with Gasteiger partial charge in [0.25, 0.3) is 10.0 Å². The predicted octanol–water partition coefficient (Wildman–Crippen LogP) is 5.01. The molecule has 1 amide bonds. The third-order valence-electron chi connectivity index (χ3n) is 7.67. The molecule has 1 aromatic heterocycles. The van der Waals surface area contributed by atoms with Crippen molar-refractivity contribution in [2.75, 3.05) is 26.2 Å². The second kappa shape index (κ2) is 10.7. The van der Waals surface area contributed by atoms with Crippen LogP contribution in [0.4, 0.5) is 18.0 Å². The highest BCUT2D eigenvalue weighted by Gasteiger charge is 2.34. The van der Waals surface area contributed by atoms with Crippen LogP contribution in [0.1, 0.15) is 27.0 Å². The van der Waals surface area contributed by atoms with Crippen LogP contribution >= 0.6 is 0 Å². The van der Waals surface area contributed by atoms with Crippen LogP contribution in [-0.4, -0.2) is 70.5 Å². The number of halogens is 3. The Bertz CT molecular complexity index is 1940. The van der Waals surface area contributed by atoms with Crippen molar-refractivity contribution in [2.24, 2.45) is 0 Å². The standard InChI is InChI=1S/C30H24F3N3O7S/c31-30(32,33)19-5-7-20(8-6-19)44(41,42)36-16-18(21-3-1-2-4-24(21)36)15-26-27(38)22-9-10-25(37)23(28(22)43-26)17-34-11-13-35(14-12-34)29(39)40/h1-10,15-16,37H,11-14,17H2,(H,39,40). The lowest BCUT2D eigenvalue weighted by molar-refractivity contribution is -0.137. The highest BCUT2D eigenvalue weighted by atomic mass is 32.2. The van der Waals surface area contributed by atoms with Crippen LogP contribution in [0, 0.1) is 0 Å². The summed E-state index contributed by atoms with van der Waals surface area (Å²) in [5.41, 5.74) is 0.122. The fourth-order valence-electron chi connectivity index (χ4n) is 5.33. The lowest BCUT2D eigenvalue weighted by atomic mass is 10.0. The number of ketones is 1. The molecule has 0 unspecified atom stereocenters. The van der Waals surface area contributed by atoms with E-state index in [4.69, 9.17) is 4.74 Å². The third kappa shape index (κ3) is 5.15. The van der Waals surface area contributed by atoms with Crippen LogP contribution < -0.4 is 4.74 Å². The van der Waals surface area contributed by atoms with Crippen LogP contribution in [0.15, 0.2) is 77.5 Å². The number of hydrogen-bond donors (Lipinski definition) is 2. The quantitative estimate of drug-likeness (QED) is 0.296. The van der Waals surface area contributed by atoms with Gasteiger partial charge in [0.15, 0.2) is 5.76 Å². The Kier molecular flexibility index (Phi) is 7.13. The summed E-state index contributed by atoms with van der Waals surface area (Å²) >= 11 is 0. The van der Waals surface area contributed by atoms with Crippen molar-refractivity contribution in [1.29, 1.82) is 0 Å². The van der Waals surface area contributed by atoms with Gasteiger partial charge in [-0.2, -0.15) is 13.2 Å². The normalized spacial score (nSPS) is 16.8. The number of nitrogens with zero attached hydrogens (tertiary/aromatic N) is 3. The number of phenolic OH excluding ortho intramolecular Hbond substituents is 1. The Morgan fingerprint density at radius 3 is 2.32 bits per heavy atom. The highest BCUT2D eigenvalue weighted by molar-refractivity contribution is 7.90. The SMILES string of the molecule is O=C1C(=Cc2cn(S(=O)(=O)c3ccc(C(F)(F)F)cc3)c3ccccc23)Oc2c1ccc(O)c2CN1CCN(C(=O)O)CC1. The number of alkyl halides is 3. The van der Waals surface area contributed by atoms with Gasteiger partial charge in [-0.05, 0) is 48.5 Å². The number of rotatable bonds is 5. The molecule has 2 N–H and O–H groups in total. The van der Waals surface area contributed by atoms with Crippen molar-refractivity contribution >= 4 is 38.9 Å². The number of aromatic hydroxyl groups is 1. The van der Waals surface area contributed by atoms with Crippen LogP contribution in [0.5, 0.6) is 11.5 Å². The van der Waals surface area contributed by atoms with Gasteiger partial charge in [0.1, 0.15) is 11.5 Å². The number of para-hydroxylation sites is 1. The van der Waals surface area contributed by atoms with Gasteiger partial charge in [-0.15, -0.1) is 0 Å². The monoisotopic (exact) mass is 627 g/mol. The maximum atomic E-state index is 13.5. The number of fused-ring (bicyclic) bond motifs is 2. The van der Waals surface area contributed by atoms with Crippen LogP contribution in [0.3, 0.4) is 0 Å². The van der Waals surface area contributed by atoms with E-state index in [0.29, 0.717) is 41.7 Å². The number of benzene rings is 3. The van der Waals surface area contributed by atoms with Crippen molar-refractivity contribution in [1.82, 2.24) is 13.8 Å². The van der Waals surface area contributed by atoms with Gasteiger partial charge < -0.3 is 19.8 Å². The summed E-state index contributed by atoms with van der Waals surface area (Å²) in [7, 11) is -4.33. The van der Waals surface area contributed by atoms with Crippen LogP contribution in [-0.2, 0) is 22.7 Å². The van der Waals surface area contributed by atoms with Gasteiger partial charge in [0, 0.05) is 49.9 Å².